The van der Waals surface area contributed by atoms with E-state index >= 15 is 0 Å². The van der Waals surface area contributed by atoms with Crippen molar-refractivity contribution in [3.05, 3.63) is 48.5 Å². The maximum absolute atomic E-state index is 11.0. The molecule has 0 aliphatic carbocycles. The van der Waals surface area contributed by atoms with Crippen molar-refractivity contribution in [1.29, 1.82) is 0 Å². The number of anilines is 4. The average Bonchev–Trinajstić information content (AvgIpc) is 2.54. The van der Waals surface area contributed by atoms with Crippen molar-refractivity contribution in [3.8, 4) is 0 Å². The Morgan fingerprint density at radius 2 is 1.27 bits per heavy atom. The summed E-state index contributed by atoms with van der Waals surface area (Å²) in [6.07, 6.45) is 1.17. The van der Waals surface area contributed by atoms with E-state index in [0.29, 0.717) is 6.54 Å². The second kappa shape index (κ2) is 6.10. The highest BCUT2D eigenvalue weighted by Gasteiger charge is 2.27. The third kappa shape index (κ3) is 2.52. The Hall–Kier alpha value is -2.49. The van der Waals surface area contributed by atoms with Crippen LogP contribution in [-0.2, 0) is 4.79 Å². The normalized spacial score (nSPS) is 12.8. The van der Waals surface area contributed by atoms with Crippen LogP contribution >= 0.6 is 0 Å². The molecule has 1 aliphatic rings. The minimum Gasteiger partial charge on any atom is -0.481 e. The van der Waals surface area contributed by atoms with E-state index in [4.69, 9.17) is 5.11 Å². The second-order valence-corrected chi connectivity index (χ2v) is 5.42. The van der Waals surface area contributed by atoms with Crippen molar-refractivity contribution in [1.82, 2.24) is 0 Å². The fourth-order valence-electron chi connectivity index (χ4n) is 3.01. The summed E-state index contributed by atoms with van der Waals surface area (Å²) in [7, 11) is 0. The quantitative estimate of drug-likeness (QED) is 0.899. The summed E-state index contributed by atoms with van der Waals surface area (Å²) in [5, 5.41) is 9.04. The molecule has 0 unspecified atom stereocenters. The molecular formula is C18H20N2O2. The van der Waals surface area contributed by atoms with Gasteiger partial charge in [0.25, 0.3) is 0 Å². The Labute approximate surface area is 130 Å². The molecule has 0 fully saturated rings. The summed E-state index contributed by atoms with van der Waals surface area (Å²) >= 11 is 0. The van der Waals surface area contributed by atoms with Gasteiger partial charge in [-0.25, -0.2) is 0 Å². The highest BCUT2D eigenvalue weighted by Crippen LogP contribution is 2.47. The van der Waals surface area contributed by atoms with Gasteiger partial charge in [0, 0.05) is 13.1 Å². The number of carboxylic acid groups (broad SMARTS) is 1. The second-order valence-electron chi connectivity index (χ2n) is 5.42. The first kappa shape index (κ1) is 14.4. The van der Waals surface area contributed by atoms with Crippen molar-refractivity contribution < 1.29 is 9.90 Å². The molecule has 1 N–H and O–H groups in total. The maximum atomic E-state index is 11.0. The molecule has 4 heteroatoms. The van der Waals surface area contributed by atoms with Crippen molar-refractivity contribution in [2.75, 3.05) is 22.9 Å². The number of benzene rings is 2. The number of rotatable bonds is 5. The summed E-state index contributed by atoms with van der Waals surface area (Å²) in [5.74, 6) is -0.772. The lowest BCUT2D eigenvalue weighted by molar-refractivity contribution is -0.136. The van der Waals surface area contributed by atoms with Crippen molar-refractivity contribution in [2.24, 2.45) is 0 Å². The van der Waals surface area contributed by atoms with Crippen molar-refractivity contribution in [3.63, 3.8) is 0 Å². The molecule has 0 aromatic heterocycles. The van der Waals surface area contributed by atoms with Gasteiger partial charge in [-0.05, 0) is 30.7 Å². The van der Waals surface area contributed by atoms with Gasteiger partial charge in [0.2, 0.25) is 0 Å². The summed E-state index contributed by atoms with van der Waals surface area (Å²) < 4.78 is 0. The minimum atomic E-state index is -0.772. The molecule has 0 saturated carbocycles. The van der Waals surface area contributed by atoms with Crippen LogP contribution in [0.4, 0.5) is 22.7 Å². The van der Waals surface area contributed by atoms with E-state index in [2.05, 4.69) is 41.0 Å². The maximum Gasteiger partial charge on any atom is 0.305 e. The number of para-hydroxylation sites is 4. The molecule has 114 valence electrons. The van der Waals surface area contributed by atoms with Gasteiger partial charge < -0.3 is 14.9 Å². The third-order valence-corrected chi connectivity index (χ3v) is 3.92. The lowest BCUT2D eigenvalue weighted by Crippen LogP contribution is -2.31. The molecule has 0 spiro atoms. The predicted octanol–water partition coefficient (Wildman–Crippen LogP) is 4.16. The molecule has 0 saturated heterocycles. The van der Waals surface area contributed by atoms with Crippen LogP contribution in [0.2, 0.25) is 0 Å². The van der Waals surface area contributed by atoms with Crippen LogP contribution in [0.3, 0.4) is 0 Å². The summed E-state index contributed by atoms with van der Waals surface area (Å²) in [4.78, 5) is 15.4. The number of hydrogen-bond donors (Lipinski definition) is 1. The molecule has 2 aromatic rings. The zero-order chi connectivity index (χ0) is 15.5. The van der Waals surface area contributed by atoms with E-state index < -0.39 is 5.97 Å². The Morgan fingerprint density at radius 1 is 0.864 bits per heavy atom. The van der Waals surface area contributed by atoms with E-state index in [-0.39, 0.29) is 6.42 Å². The van der Waals surface area contributed by atoms with Crippen LogP contribution in [0, 0.1) is 0 Å². The first-order valence-electron chi connectivity index (χ1n) is 7.67. The Bertz CT molecular complexity index is 637. The first-order chi connectivity index (χ1) is 10.7. The first-order valence-corrected chi connectivity index (χ1v) is 7.67. The van der Waals surface area contributed by atoms with E-state index in [1.807, 2.05) is 24.3 Å². The van der Waals surface area contributed by atoms with Crippen LogP contribution in [0.1, 0.15) is 19.8 Å². The molecule has 4 nitrogen and oxygen atoms in total. The van der Waals surface area contributed by atoms with Gasteiger partial charge in [-0.1, -0.05) is 31.2 Å². The number of fused-ring (bicyclic) bond motifs is 2. The SMILES string of the molecule is CCCN1c2ccccc2N(CCC(=O)O)c2ccccc21. The molecule has 3 rings (SSSR count). The average molecular weight is 296 g/mol. The van der Waals surface area contributed by atoms with Gasteiger partial charge >= 0.3 is 5.97 Å². The zero-order valence-electron chi connectivity index (χ0n) is 12.7. The fourth-order valence-corrected chi connectivity index (χ4v) is 3.01. The molecule has 1 heterocycles. The molecule has 2 aromatic carbocycles. The fraction of sp³-hybridized carbons (Fsp3) is 0.278. The predicted molar refractivity (Wildman–Crippen MR) is 89.4 cm³/mol. The van der Waals surface area contributed by atoms with E-state index in [1.165, 1.54) is 0 Å². The highest BCUT2D eigenvalue weighted by molar-refractivity contribution is 5.93. The number of carboxylic acids is 1. The highest BCUT2D eigenvalue weighted by atomic mass is 16.4. The Balaban J connectivity index is 2.09. The van der Waals surface area contributed by atoms with Crippen molar-refractivity contribution >= 4 is 28.7 Å². The summed E-state index contributed by atoms with van der Waals surface area (Å²) in [5.41, 5.74) is 4.45. The summed E-state index contributed by atoms with van der Waals surface area (Å²) in [6, 6.07) is 16.4. The van der Waals surface area contributed by atoms with Crippen LogP contribution in [0.15, 0.2) is 48.5 Å². The summed E-state index contributed by atoms with van der Waals surface area (Å²) in [6.45, 7) is 3.59. The minimum absolute atomic E-state index is 0.121. The van der Waals surface area contributed by atoms with Gasteiger partial charge in [-0.2, -0.15) is 0 Å². The topological polar surface area (TPSA) is 43.8 Å². The van der Waals surface area contributed by atoms with Gasteiger partial charge in [0.15, 0.2) is 0 Å². The number of nitrogens with zero attached hydrogens (tertiary/aromatic N) is 2. The van der Waals surface area contributed by atoms with Crippen LogP contribution in [0.25, 0.3) is 0 Å². The van der Waals surface area contributed by atoms with Crippen LogP contribution in [0.5, 0.6) is 0 Å². The molecular weight excluding hydrogens is 276 g/mol. The molecule has 22 heavy (non-hydrogen) atoms. The van der Waals surface area contributed by atoms with E-state index in [1.54, 1.807) is 0 Å². The van der Waals surface area contributed by atoms with Crippen molar-refractivity contribution in [2.45, 2.75) is 19.8 Å². The smallest absolute Gasteiger partial charge is 0.305 e. The third-order valence-electron chi connectivity index (χ3n) is 3.92. The lowest BCUT2D eigenvalue weighted by atomic mass is 10.1. The Morgan fingerprint density at radius 3 is 1.64 bits per heavy atom. The number of aliphatic carboxylic acids is 1. The number of hydrogen-bond acceptors (Lipinski definition) is 3. The van der Waals surface area contributed by atoms with E-state index in [0.717, 1.165) is 35.7 Å². The molecule has 0 amide bonds. The molecule has 0 radical (unpaired) electrons. The largest absolute Gasteiger partial charge is 0.481 e. The van der Waals surface area contributed by atoms with Crippen LogP contribution < -0.4 is 9.80 Å². The lowest BCUT2D eigenvalue weighted by Gasteiger charge is -2.40. The van der Waals surface area contributed by atoms with Gasteiger partial charge in [0.1, 0.15) is 0 Å². The van der Waals surface area contributed by atoms with Gasteiger partial charge in [0.05, 0.1) is 29.2 Å². The molecule has 0 bridgehead atoms. The standard InChI is InChI=1S/C18H20N2O2/c1-2-12-19-14-7-3-5-9-16(14)20(13-11-18(21)22)17-10-6-4-8-15(17)19/h3-10H,2,11-13H2,1H3,(H,21,22). The van der Waals surface area contributed by atoms with Gasteiger partial charge in [-0.15, -0.1) is 0 Å². The monoisotopic (exact) mass is 296 g/mol. The van der Waals surface area contributed by atoms with Gasteiger partial charge in [-0.3, -0.25) is 4.79 Å². The zero-order valence-corrected chi connectivity index (χ0v) is 12.7. The Kier molecular flexibility index (Phi) is 4.00. The number of carbonyl (C=O) groups is 1. The molecule has 0 atom stereocenters. The molecule has 1 aliphatic heterocycles. The van der Waals surface area contributed by atoms with E-state index in [9.17, 15) is 4.79 Å². The van der Waals surface area contributed by atoms with Crippen LogP contribution in [-0.4, -0.2) is 24.2 Å².